The Morgan fingerprint density at radius 1 is 1.24 bits per heavy atom. The maximum absolute atomic E-state index is 13.7. The first-order valence-electron chi connectivity index (χ1n) is 10.3. The van der Waals surface area contributed by atoms with Crippen LogP contribution in [0.3, 0.4) is 0 Å². The standard InChI is InChI=1S/C21H28N2O5S/c1-12(2)22-9-6-8-21-16(15-14(29-21)7-4-5-10-28-20(15)27)18(25)23(13(3)11-24)17(21)19(22)26/h4,6-8,12-17,24H,5,9-11H2,1-3H3/t13-,14+,15-,16+,17?,21+/m1/s1. The van der Waals surface area contributed by atoms with Gasteiger partial charge in [-0.25, -0.2) is 0 Å². The van der Waals surface area contributed by atoms with Gasteiger partial charge in [0.05, 0.1) is 35.8 Å². The Bertz CT molecular complexity index is 781. The minimum Gasteiger partial charge on any atom is -0.465 e. The number of aliphatic hydroxyl groups is 1. The van der Waals surface area contributed by atoms with E-state index in [9.17, 15) is 19.5 Å². The second-order valence-corrected chi connectivity index (χ2v) is 9.98. The molecular formula is C21H28N2O5S. The molecular weight excluding hydrogens is 392 g/mol. The Labute approximate surface area is 175 Å². The molecule has 4 heterocycles. The molecule has 0 aromatic heterocycles. The zero-order valence-electron chi connectivity index (χ0n) is 17.0. The fraction of sp³-hybridized carbons (Fsp3) is 0.667. The van der Waals surface area contributed by atoms with E-state index in [1.54, 1.807) is 11.8 Å². The Morgan fingerprint density at radius 3 is 2.69 bits per heavy atom. The minimum absolute atomic E-state index is 0.0207. The largest absolute Gasteiger partial charge is 0.465 e. The number of amides is 2. The number of ether oxygens (including phenoxy) is 1. The van der Waals surface area contributed by atoms with Crippen LogP contribution < -0.4 is 0 Å². The summed E-state index contributed by atoms with van der Waals surface area (Å²) in [6.07, 6.45) is 8.56. The Hall–Kier alpha value is -1.80. The van der Waals surface area contributed by atoms with Crippen LogP contribution in [-0.2, 0) is 19.1 Å². The van der Waals surface area contributed by atoms with Gasteiger partial charge in [-0.05, 0) is 27.2 Å². The fourth-order valence-corrected chi connectivity index (χ4v) is 7.08. The van der Waals surface area contributed by atoms with Gasteiger partial charge in [-0.2, -0.15) is 0 Å². The summed E-state index contributed by atoms with van der Waals surface area (Å²) in [4.78, 5) is 43.5. The van der Waals surface area contributed by atoms with Crippen LogP contribution in [0.4, 0.5) is 0 Å². The van der Waals surface area contributed by atoms with Crippen LogP contribution >= 0.6 is 11.8 Å². The van der Waals surface area contributed by atoms with Gasteiger partial charge >= 0.3 is 5.97 Å². The fourth-order valence-electron chi connectivity index (χ4n) is 5.09. The molecule has 0 bridgehead atoms. The molecule has 4 aliphatic rings. The van der Waals surface area contributed by atoms with Crippen molar-refractivity contribution in [1.82, 2.24) is 9.80 Å². The summed E-state index contributed by atoms with van der Waals surface area (Å²) < 4.78 is 4.58. The number of nitrogens with zero attached hydrogens (tertiary/aromatic N) is 2. The molecule has 0 aromatic carbocycles. The summed E-state index contributed by atoms with van der Waals surface area (Å²) in [7, 11) is 0. The lowest BCUT2D eigenvalue weighted by molar-refractivity contribution is -0.153. The van der Waals surface area contributed by atoms with E-state index in [4.69, 9.17) is 4.74 Å². The van der Waals surface area contributed by atoms with Crippen molar-refractivity contribution >= 4 is 29.5 Å². The highest BCUT2D eigenvalue weighted by atomic mass is 32.2. The summed E-state index contributed by atoms with van der Waals surface area (Å²) in [6.45, 7) is 6.17. The van der Waals surface area contributed by atoms with Crippen molar-refractivity contribution in [2.75, 3.05) is 19.8 Å². The number of likely N-dealkylation sites (tertiary alicyclic amines) is 1. The molecule has 1 unspecified atom stereocenters. The first-order valence-corrected chi connectivity index (χ1v) is 11.1. The molecule has 7 nitrogen and oxygen atoms in total. The lowest BCUT2D eigenvalue weighted by Gasteiger charge is -2.38. The van der Waals surface area contributed by atoms with E-state index >= 15 is 0 Å². The van der Waals surface area contributed by atoms with Gasteiger partial charge in [0, 0.05) is 17.8 Å². The van der Waals surface area contributed by atoms with Crippen LogP contribution in [0.2, 0.25) is 0 Å². The molecule has 0 aromatic rings. The maximum Gasteiger partial charge on any atom is 0.311 e. The predicted molar refractivity (Wildman–Crippen MR) is 109 cm³/mol. The summed E-state index contributed by atoms with van der Waals surface area (Å²) in [5.74, 6) is -2.05. The number of thioether (sulfide) groups is 1. The zero-order chi connectivity index (χ0) is 20.9. The third-order valence-electron chi connectivity index (χ3n) is 6.45. The van der Waals surface area contributed by atoms with Crippen LogP contribution in [0, 0.1) is 11.8 Å². The Balaban J connectivity index is 1.87. The molecule has 2 fully saturated rings. The Kier molecular flexibility index (Phi) is 5.27. The van der Waals surface area contributed by atoms with E-state index in [1.807, 2.05) is 38.2 Å². The highest BCUT2D eigenvalue weighted by Crippen LogP contribution is 2.61. The average molecular weight is 421 g/mol. The molecule has 8 heteroatoms. The van der Waals surface area contributed by atoms with Gasteiger partial charge in [0.1, 0.15) is 6.04 Å². The van der Waals surface area contributed by atoms with Crippen molar-refractivity contribution in [2.24, 2.45) is 11.8 Å². The first-order chi connectivity index (χ1) is 13.8. The van der Waals surface area contributed by atoms with Gasteiger partial charge < -0.3 is 19.6 Å². The highest BCUT2D eigenvalue weighted by Gasteiger charge is 2.71. The maximum atomic E-state index is 13.7. The van der Waals surface area contributed by atoms with Crippen molar-refractivity contribution in [2.45, 2.75) is 55.3 Å². The van der Waals surface area contributed by atoms with Crippen molar-refractivity contribution in [1.29, 1.82) is 0 Å². The highest BCUT2D eigenvalue weighted by molar-refractivity contribution is 8.02. The van der Waals surface area contributed by atoms with Crippen LogP contribution in [0.1, 0.15) is 27.2 Å². The average Bonchev–Trinajstić information content (AvgIpc) is 3.05. The van der Waals surface area contributed by atoms with Gasteiger partial charge in [-0.1, -0.05) is 24.3 Å². The number of aliphatic hydroxyl groups excluding tert-OH is 1. The molecule has 1 spiro atoms. The van der Waals surface area contributed by atoms with E-state index in [0.29, 0.717) is 19.6 Å². The normalized spacial score (nSPS) is 37.6. The Morgan fingerprint density at radius 2 is 2.00 bits per heavy atom. The SMILES string of the molecule is CC(C)N1CC=C[C@]23S[C@H]4C=CCCOC(=O)[C@H]4[C@H]2C(=O)N([C@H](C)CO)C3C1=O. The summed E-state index contributed by atoms with van der Waals surface area (Å²) in [5, 5.41) is 9.60. The van der Waals surface area contributed by atoms with Gasteiger partial charge in [-0.3, -0.25) is 14.4 Å². The molecule has 0 saturated carbocycles. The van der Waals surface area contributed by atoms with Crippen molar-refractivity contribution in [3.8, 4) is 0 Å². The predicted octanol–water partition coefficient (Wildman–Crippen LogP) is 0.974. The minimum atomic E-state index is -0.843. The zero-order valence-corrected chi connectivity index (χ0v) is 17.8. The second kappa shape index (κ2) is 7.47. The molecule has 2 saturated heterocycles. The molecule has 29 heavy (non-hydrogen) atoms. The van der Waals surface area contributed by atoms with Gasteiger partial charge in [0.15, 0.2) is 0 Å². The van der Waals surface area contributed by atoms with Gasteiger partial charge in [0.2, 0.25) is 11.8 Å². The topological polar surface area (TPSA) is 87.2 Å². The first kappa shape index (κ1) is 20.5. The molecule has 4 aliphatic heterocycles. The van der Waals surface area contributed by atoms with Crippen LogP contribution in [0.15, 0.2) is 24.3 Å². The van der Waals surface area contributed by atoms with Crippen molar-refractivity contribution in [3.05, 3.63) is 24.3 Å². The van der Waals surface area contributed by atoms with Crippen LogP contribution in [0.5, 0.6) is 0 Å². The molecule has 1 N–H and O–H groups in total. The van der Waals surface area contributed by atoms with Crippen LogP contribution in [-0.4, -0.2) is 80.6 Å². The second-order valence-electron chi connectivity index (χ2n) is 8.49. The number of esters is 1. The van der Waals surface area contributed by atoms with E-state index in [1.165, 1.54) is 16.7 Å². The van der Waals surface area contributed by atoms with Crippen molar-refractivity contribution < 1.29 is 24.2 Å². The summed E-state index contributed by atoms with van der Waals surface area (Å²) >= 11 is 1.52. The van der Waals surface area contributed by atoms with Gasteiger partial charge in [0.25, 0.3) is 0 Å². The molecule has 2 amide bonds. The monoisotopic (exact) mass is 420 g/mol. The number of carbonyl (C=O) groups is 3. The molecule has 4 rings (SSSR count). The lowest BCUT2D eigenvalue weighted by Crippen LogP contribution is -2.57. The van der Waals surface area contributed by atoms with Crippen molar-refractivity contribution in [3.63, 3.8) is 0 Å². The van der Waals surface area contributed by atoms with E-state index in [-0.39, 0.29) is 35.7 Å². The summed E-state index contributed by atoms with van der Waals surface area (Å²) in [5.41, 5.74) is 0. The number of rotatable bonds is 3. The number of hydrogen-bond acceptors (Lipinski definition) is 6. The van der Waals surface area contributed by atoms with E-state index in [0.717, 1.165) is 0 Å². The van der Waals surface area contributed by atoms with E-state index in [2.05, 4.69) is 0 Å². The number of fused-ring (bicyclic) bond motifs is 2. The number of cyclic esters (lactones) is 1. The number of hydrogen-bond donors (Lipinski definition) is 1. The molecule has 0 radical (unpaired) electrons. The lowest BCUT2D eigenvalue weighted by atomic mass is 9.78. The van der Waals surface area contributed by atoms with Gasteiger partial charge in [-0.15, -0.1) is 11.8 Å². The molecule has 6 atom stereocenters. The molecule has 158 valence electrons. The van der Waals surface area contributed by atoms with E-state index < -0.39 is 28.7 Å². The number of carbonyl (C=O) groups excluding carboxylic acids is 3. The third-order valence-corrected chi connectivity index (χ3v) is 8.20. The smallest absolute Gasteiger partial charge is 0.311 e. The third kappa shape index (κ3) is 2.94. The quantitative estimate of drug-likeness (QED) is 0.541. The van der Waals surface area contributed by atoms with Crippen LogP contribution in [0.25, 0.3) is 0 Å². The summed E-state index contributed by atoms with van der Waals surface area (Å²) in [6, 6.07) is -1.28. The molecule has 0 aliphatic carbocycles.